The van der Waals surface area contributed by atoms with E-state index in [0.717, 1.165) is 29.9 Å². The van der Waals surface area contributed by atoms with Crippen LogP contribution in [0.5, 0.6) is 0 Å². The summed E-state index contributed by atoms with van der Waals surface area (Å²) in [5, 5.41) is 0.796. The van der Waals surface area contributed by atoms with Gasteiger partial charge in [0, 0.05) is 5.39 Å². The zero-order valence-corrected chi connectivity index (χ0v) is 11.7. The van der Waals surface area contributed by atoms with E-state index in [0.29, 0.717) is 11.5 Å². The molecule has 3 N–H and O–H groups in total. The quantitative estimate of drug-likeness (QED) is 0.660. The number of hydrogen-bond acceptors (Lipinski definition) is 3. The van der Waals surface area contributed by atoms with Crippen molar-refractivity contribution >= 4 is 11.0 Å². The largest absolute Gasteiger partial charge is 0.459 e. The van der Waals surface area contributed by atoms with Crippen LogP contribution in [0.2, 0.25) is 0 Å². The monoisotopic (exact) mass is 276 g/mol. The molecule has 1 aliphatic rings. The summed E-state index contributed by atoms with van der Waals surface area (Å²) >= 11 is 0. The first-order chi connectivity index (χ1) is 9.67. The second-order valence-electron chi connectivity index (χ2n) is 6.00. The number of rotatable bonds is 3. The Morgan fingerprint density at radius 3 is 2.70 bits per heavy atom. The molecule has 0 amide bonds. The average Bonchev–Trinajstić information content (AvgIpc) is 2.84. The normalized spacial score (nSPS) is 24.9. The van der Waals surface area contributed by atoms with Crippen molar-refractivity contribution in [2.45, 2.75) is 38.6 Å². The molecule has 1 aromatic heterocycles. The third kappa shape index (κ3) is 2.58. The fraction of sp³-hybridized carbons (Fsp3) is 0.500. The van der Waals surface area contributed by atoms with E-state index in [2.05, 4.69) is 12.3 Å². The number of hydrazine groups is 1. The maximum atomic E-state index is 13.2. The lowest BCUT2D eigenvalue weighted by atomic mass is 9.79. The van der Waals surface area contributed by atoms with Crippen LogP contribution >= 0.6 is 0 Å². The Morgan fingerprint density at radius 1 is 1.25 bits per heavy atom. The summed E-state index contributed by atoms with van der Waals surface area (Å²) in [6, 6.07) is 6.51. The summed E-state index contributed by atoms with van der Waals surface area (Å²) in [6.07, 6.45) is 4.78. The number of halogens is 1. The summed E-state index contributed by atoms with van der Waals surface area (Å²) < 4.78 is 19.1. The highest BCUT2D eigenvalue weighted by Crippen LogP contribution is 2.38. The molecule has 1 heterocycles. The van der Waals surface area contributed by atoms with E-state index in [9.17, 15) is 4.39 Å². The molecule has 1 aliphatic carbocycles. The molecule has 20 heavy (non-hydrogen) atoms. The lowest BCUT2D eigenvalue weighted by Crippen LogP contribution is -2.35. The Bertz CT molecular complexity index is 587. The first-order valence-corrected chi connectivity index (χ1v) is 7.32. The maximum Gasteiger partial charge on any atom is 0.134 e. The van der Waals surface area contributed by atoms with Crippen molar-refractivity contribution in [3.05, 3.63) is 35.8 Å². The van der Waals surface area contributed by atoms with Crippen LogP contribution in [0.15, 0.2) is 28.7 Å². The van der Waals surface area contributed by atoms with Gasteiger partial charge in [0.1, 0.15) is 17.2 Å². The van der Waals surface area contributed by atoms with E-state index in [-0.39, 0.29) is 11.9 Å². The first-order valence-electron chi connectivity index (χ1n) is 7.32. The average molecular weight is 276 g/mol. The lowest BCUT2D eigenvalue weighted by Gasteiger charge is -2.31. The van der Waals surface area contributed by atoms with Crippen molar-refractivity contribution in [2.24, 2.45) is 17.7 Å². The van der Waals surface area contributed by atoms with Gasteiger partial charge in [-0.2, -0.15) is 0 Å². The summed E-state index contributed by atoms with van der Waals surface area (Å²) in [5.74, 6) is 7.60. The Morgan fingerprint density at radius 2 is 2.00 bits per heavy atom. The van der Waals surface area contributed by atoms with Crippen molar-refractivity contribution in [1.29, 1.82) is 0 Å². The number of fused-ring (bicyclic) bond motifs is 1. The van der Waals surface area contributed by atoms with E-state index in [4.69, 9.17) is 10.3 Å². The van der Waals surface area contributed by atoms with Gasteiger partial charge in [-0.05, 0) is 48.9 Å². The fourth-order valence-electron chi connectivity index (χ4n) is 3.26. The molecular weight excluding hydrogens is 255 g/mol. The van der Waals surface area contributed by atoms with Gasteiger partial charge in [-0.15, -0.1) is 0 Å². The summed E-state index contributed by atoms with van der Waals surface area (Å²) in [5.41, 5.74) is 3.60. The van der Waals surface area contributed by atoms with Gasteiger partial charge in [0.25, 0.3) is 0 Å². The molecule has 2 aromatic rings. The fourth-order valence-corrected chi connectivity index (χ4v) is 3.26. The minimum Gasteiger partial charge on any atom is -0.459 e. The molecule has 1 aromatic carbocycles. The molecule has 0 spiro atoms. The molecule has 1 atom stereocenters. The van der Waals surface area contributed by atoms with Crippen molar-refractivity contribution < 1.29 is 8.81 Å². The molecule has 1 unspecified atom stereocenters. The van der Waals surface area contributed by atoms with Crippen LogP contribution in [0.1, 0.15) is 44.4 Å². The van der Waals surface area contributed by atoms with E-state index in [1.54, 1.807) is 6.07 Å². The van der Waals surface area contributed by atoms with Gasteiger partial charge in [0.05, 0.1) is 6.04 Å². The third-order valence-electron chi connectivity index (χ3n) is 4.52. The lowest BCUT2D eigenvalue weighted by molar-refractivity contribution is 0.215. The highest BCUT2D eigenvalue weighted by atomic mass is 19.1. The van der Waals surface area contributed by atoms with Crippen LogP contribution < -0.4 is 11.3 Å². The number of nitrogens with two attached hydrogens (primary N) is 1. The molecule has 108 valence electrons. The number of benzene rings is 1. The van der Waals surface area contributed by atoms with Crippen LogP contribution in [0, 0.1) is 17.7 Å². The van der Waals surface area contributed by atoms with Gasteiger partial charge in [-0.25, -0.2) is 9.82 Å². The predicted octanol–water partition coefficient (Wildman–Crippen LogP) is 3.90. The Labute approximate surface area is 118 Å². The first kappa shape index (κ1) is 13.6. The van der Waals surface area contributed by atoms with Crippen LogP contribution in [0.4, 0.5) is 4.39 Å². The SMILES string of the molecule is CC1CCC(C(NN)c2cc3cc(F)ccc3o2)CC1. The maximum absolute atomic E-state index is 13.2. The van der Waals surface area contributed by atoms with Crippen molar-refractivity contribution in [2.75, 3.05) is 0 Å². The van der Waals surface area contributed by atoms with Gasteiger partial charge in [0.2, 0.25) is 0 Å². The number of furan rings is 1. The van der Waals surface area contributed by atoms with Crippen LogP contribution in [0.25, 0.3) is 11.0 Å². The molecule has 3 nitrogen and oxygen atoms in total. The summed E-state index contributed by atoms with van der Waals surface area (Å²) in [7, 11) is 0. The molecular formula is C16H21FN2O. The minimum absolute atomic E-state index is 0.0120. The molecule has 0 aliphatic heterocycles. The van der Waals surface area contributed by atoms with Gasteiger partial charge >= 0.3 is 0 Å². The summed E-state index contributed by atoms with van der Waals surface area (Å²) in [4.78, 5) is 0. The molecule has 0 bridgehead atoms. The zero-order valence-electron chi connectivity index (χ0n) is 11.7. The number of nitrogens with one attached hydrogen (secondary N) is 1. The topological polar surface area (TPSA) is 51.2 Å². The molecule has 0 saturated heterocycles. The van der Waals surface area contributed by atoms with E-state index < -0.39 is 0 Å². The Hall–Kier alpha value is -1.39. The Kier molecular flexibility index (Phi) is 3.76. The van der Waals surface area contributed by atoms with Crippen molar-refractivity contribution in [1.82, 2.24) is 5.43 Å². The van der Waals surface area contributed by atoms with Gasteiger partial charge in [-0.3, -0.25) is 5.84 Å². The van der Waals surface area contributed by atoms with Crippen LogP contribution in [0.3, 0.4) is 0 Å². The highest BCUT2D eigenvalue weighted by Gasteiger charge is 2.28. The van der Waals surface area contributed by atoms with Crippen LogP contribution in [-0.4, -0.2) is 0 Å². The molecule has 1 saturated carbocycles. The molecule has 1 fully saturated rings. The van der Waals surface area contributed by atoms with E-state index in [1.807, 2.05) is 6.07 Å². The Balaban J connectivity index is 1.87. The van der Waals surface area contributed by atoms with Gasteiger partial charge in [0.15, 0.2) is 0 Å². The van der Waals surface area contributed by atoms with Crippen molar-refractivity contribution in [3.8, 4) is 0 Å². The predicted molar refractivity (Wildman–Crippen MR) is 77.4 cm³/mol. The zero-order chi connectivity index (χ0) is 14.1. The standard InChI is InChI=1S/C16H21FN2O/c1-10-2-4-11(5-3-10)16(19-18)15-9-12-8-13(17)6-7-14(12)20-15/h6-11,16,19H,2-5,18H2,1H3. The van der Waals surface area contributed by atoms with Gasteiger partial charge < -0.3 is 4.42 Å². The highest BCUT2D eigenvalue weighted by molar-refractivity contribution is 5.78. The molecule has 0 radical (unpaired) electrons. The third-order valence-corrected chi connectivity index (χ3v) is 4.52. The summed E-state index contributed by atoms with van der Waals surface area (Å²) in [6.45, 7) is 2.30. The van der Waals surface area contributed by atoms with Gasteiger partial charge in [-0.1, -0.05) is 19.8 Å². The van der Waals surface area contributed by atoms with E-state index in [1.165, 1.54) is 25.0 Å². The molecule has 4 heteroatoms. The molecule has 3 rings (SSSR count). The smallest absolute Gasteiger partial charge is 0.134 e. The van der Waals surface area contributed by atoms with E-state index >= 15 is 0 Å². The second-order valence-corrected chi connectivity index (χ2v) is 6.00. The minimum atomic E-state index is -0.242. The van der Waals surface area contributed by atoms with Crippen molar-refractivity contribution in [3.63, 3.8) is 0 Å². The van der Waals surface area contributed by atoms with Crippen LogP contribution in [-0.2, 0) is 0 Å². The number of hydrogen-bond donors (Lipinski definition) is 2. The second kappa shape index (κ2) is 5.54.